The number of furan rings is 1. The van der Waals surface area contributed by atoms with Gasteiger partial charge in [0.15, 0.2) is 5.76 Å². The Hall–Kier alpha value is -1.86. The highest BCUT2D eigenvalue weighted by Gasteiger charge is 2.13. The molecule has 0 radical (unpaired) electrons. The Morgan fingerprint density at radius 3 is 2.86 bits per heavy atom. The first-order valence-electron chi connectivity index (χ1n) is 6.88. The van der Waals surface area contributed by atoms with Crippen LogP contribution < -0.4 is 5.32 Å². The zero-order valence-electron chi connectivity index (χ0n) is 12.2. The largest absolute Gasteiger partial charge is 0.459 e. The van der Waals surface area contributed by atoms with Crippen molar-refractivity contribution in [2.24, 2.45) is 0 Å². The fourth-order valence-electron chi connectivity index (χ4n) is 1.78. The molecule has 2 amide bonds. The smallest absolute Gasteiger partial charge is 0.286 e. The van der Waals surface area contributed by atoms with Crippen molar-refractivity contribution in [3.8, 4) is 0 Å². The van der Waals surface area contributed by atoms with Gasteiger partial charge in [0.25, 0.3) is 5.91 Å². The molecule has 0 unspecified atom stereocenters. The van der Waals surface area contributed by atoms with Crippen LogP contribution in [0.4, 0.5) is 0 Å². The van der Waals surface area contributed by atoms with E-state index in [4.69, 9.17) is 14.3 Å². The highest BCUT2D eigenvalue weighted by atomic mass is 16.5. The third-order valence-electron chi connectivity index (χ3n) is 2.89. The van der Waals surface area contributed by atoms with Gasteiger partial charge in [-0.1, -0.05) is 0 Å². The van der Waals surface area contributed by atoms with Crippen LogP contribution in [0.25, 0.3) is 0 Å². The average Bonchev–Trinajstić information content (AvgIpc) is 3.01. The van der Waals surface area contributed by atoms with Gasteiger partial charge in [0.1, 0.15) is 0 Å². The van der Waals surface area contributed by atoms with Crippen molar-refractivity contribution in [1.29, 1.82) is 0 Å². The fraction of sp³-hybridized carbons (Fsp3) is 0.571. The first-order chi connectivity index (χ1) is 10.2. The quantitative estimate of drug-likeness (QED) is 0.604. The Bertz CT molecular complexity index is 419. The summed E-state index contributed by atoms with van der Waals surface area (Å²) in [4.78, 5) is 25.1. The summed E-state index contributed by atoms with van der Waals surface area (Å²) in [5.41, 5.74) is 0. The van der Waals surface area contributed by atoms with Crippen molar-refractivity contribution in [1.82, 2.24) is 10.2 Å². The maximum atomic E-state index is 11.9. The second-order valence-electron chi connectivity index (χ2n) is 4.43. The highest BCUT2D eigenvalue weighted by molar-refractivity contribution is 5.91. The number of aliphatic hydroxyl groups is 1. The van der Waals surface area contributed by atoms with Crippen molar-refractivity contribution >= 4 is 11.8 Å². The number of carbonyl (C=O) groups is 2. The number of nitrogens with one attached hydrogen (secondary N) is 1. The Morgan fingerprint density at radius 2 is 2.24 bits per heavy atom. The summed E-state index contributed by atoms with van der Waals surface area (Å²) in [6.07, 6.45) is 2.27. The summed E-state index contributed by atoms with van der Waals surface area (Å²) in [7, 11) is 1.56. The van der Waals surface area contributed by atoms with Gasteiger partial charge >= 0.3 is 0 Å². The Kier molecular flexibility index (Phi) is 8.15. The van der Waals surface area contributed by atoms with Gasteiger partial charge < -0.3 is 24.5 Å². The van der Waals surface area contributed by atoms with Gasteiger partial charge in [-0.2, -0.15) is 0 Å². The number of carbonyl (C=O) groups excluding carboxylic acids is 2. The van der Waals surface area contributed by atoms with E-state index in [1.165, 1.54) is 6.26 Å². The number of ether oxygens (including phenoxy) is 1. The fourth-order valence-corrected chi connectivity index (χ4v) is 1.78. The number of nitrogens with zero attached hydrogens (tertiary/aromatic N) is 1. The van der Waals surface area contributed by atoms with Crippen LogP contribution in [0.5, 0.6) is 0 Å². The van der Waals surface area contributed by atoms with E-state index in [1.807, 2.05) is 0 Å². The lowest BCUT2D eigenvalue weighted by Gasteiger charge is -2.21. The van der Waals surface area contributed by atoms with Crippen molar-refractivity contribution < 1.29 is 23.8 Å². The molecule has 0 saturated heterocycles. The van der Waals surface area contributed by atoms with E-state index < -0.39 is 0 Å². The van der Waals surface area contributed by atoms with E-state index >= 15 is 0 Å². The molecule has 2 N–H and O–H groups in total. The van der Waals surface area contributed by atoms with Gasteiger partial charge in [0, 0.05) is 33.2 Å². The summed E-state index contributed by atoms with van der Waals surface area (Å²) in [5.74, 6) is -0.101. The van der Waals surface area contributed by atoms with E-state index in [9.17, 15) is 9.59 Å². The standard InChI is InChI=1S/C14H22N2O5/c1-20-11-8-16(7-9-17)13(18)5-2-6-15-14(19)12-4-3-10-21-12/h3-4,10,17H,2,5-9,11H2,1H3,(H,15,19). The molecule has 0 spiro atoms. The maximum Gasteiger partial charge on any atom is 0.286 e. The van der Waals surface area contributed by atoms with Crippen LogP contribution >= 0.6 is 0 Å². The molecule has 0 aliphatic carbocycles. The van der Waals surface area contributed by atoms with Crippen molar-refractivity contribution in [2.45, 2.75) is 12.8 Å². The van der Waals surface area contributed by atoms with Gasteiger partial charge in [-0.25, -0.2) is 0 Å². The minimum atomic E-state index is -0.293. The Labute approximate surface area is 123 Å². The molecule has 0 fully saturated rings. The third-order valence-corrected chi connectivity index (χ3v) is 2.89. The lowest BCUT2D eigenvalue weighted by molar-refractivity contribution is -0.132. The number of amides is 2. The molecular weight excluding hydrogens is 276 g/mol. The molecule has 7 nitrogen and oxygen atoms in total. The van der Waals surface area contributed by atoms with Crippen molar-refractivity contribution in [3.05, 3.63) is 24.2 Å². The van der Waals surface area contributed by atoms with Crippen LogP contribution in [0.15, 0.2) is 22.8 Å². The molecule has 0 aliphatic rings. The Morgan fingerprint density at radius 1 is 1.43 bits per heavy atom. The van der Waals surface area contributed by atoms with Crippen molar-refractivity contribution in [3.63, 3.8) is 0 Å². The van der Waals surface area contributed by atoms with E-state index in [-0.39, 0.29) is 24.2 Å². The third kappa shape index (κ3) is 6.42. The van der Waals surface area contributed by atoms with Crippen LogP contribution in [-0.2, 0) is 9.53 Å². The molecule has 0 bridgehead atoms. The summed E-state index contributed by atoms with van der Waals surface area (Å²) < 4.78 is 9.88. The minimum absolute atomic E-state index is 0.0617. The first kappa shape index (κ1) is 17.2. The van der Waals surface area contributed by atoms with Gasteiger partial charge in [-0.15, -0.1) is 0 Å². The Balaban J connectivity index is 2.23. The molecule has 1 heterocycles. The van der Waals surface area contributed by atoms with E-state index in [0.717, 1.165) is 0 Å². The predicted molar refractivity (Wildman–Crippen MR) is 75.8 cm³/mol. The van der Waals surface area contributed by atoms with Crippen LogP contribution in [0.3, 0.4) is 0 Å². The average molecular weight is 298 g/mol. The first-order valence-corrected chi connectivity index (χ1v) is 6.88. The predicted octanol–water partition coefficient (Wildman–Crippen LogP) is 0.257. The maximum absolute atomic E-state index is 11.9. The second-order valence-corrected chi connectivity index (χ2v) is 4.43. The molecule has 1 aromatic rings. The molecule has 0 saturated carbocycles. The summed E-state index contributed by atoms with van der Waals surface area (Å²) in [5, 5.41) is 11.6. The molecule has 1 rings (SSSR count). The van der Waals surface area contributed by atoms with Gasteiger partial charge in [-0.3, -0.25) is 9.59 Å². The SMILES string of the molecule is COCCN(CCO)C(=O)CCCNC(=O)c1ccco1. The number of hydrogen-bond acceptors (Lipinski definition) is 5. The van der Waals surface area contributed by atoms with Gasteiger partial charge in [0.05, 0.1) is 19.5 Å². The summed E-state index contributed by atoms with van der Waals surface area (Å²) >= 11 is 0. The molecule has 118 valence electrons. The molecule has 1 aromatic heterocycles. The van der Waals surface area contributed by atoms with Gasteiger partial charge in [0.2, 0.25) is 5.91 Å². The monoisotopic (exact) mass is 298 g/mol. The van der Waals surface area contributed by atoms with E-state index in [1.54, 1.807) is 24.1 Å². The van der Waals surface area contributed by atoms with Crippen LogP contribution in [0, 0.1) is 0 Å². The molecule has 0 aliphatic heterocycles. The van der Waals surface area contributed by atoms with E-state index in [0.29, 0.717) is 39.1 Å². The van der Waals surface area contributed by atoms with E-state index in [2.05, 4.69) is 5.32 Å². The lowest BCUT2D eigenvalue weighted by Crippen LogP contribution is -2.36. The number of hydrogen-bond donors (Lipinski definition) is 2. The van der Waals surface area contributed by atoms with Crippen molar-refractivity contribution in [2.75, 3.05) is 40.0 Å². The molecule has 7 heteroatoms. The van der Waals surface area contributed by atoms with Crippen LogP contribution in [0.2, 0.25) is 0 Å². The van der Waals surface area contributed by atoms with Crippen LogP contribution in [-0.4, -0.2) is 61.8 Å². The molecule has 21 heavy (non-hydrogen) atoms. The summed E-state index contributed by atoms with van der Waals surface area (Å²) in [6, 6.07) is 3.22. The number of aliphatic hydroxyl groups excluding tert-OH is 1. The van der Waals surface area contributed by atoms with Gasteiger partial charge in [-0.05, 0) is 18.6 Å². The zero-order valence-corrected chi connectivity index (χ0v) is 12.2. The lowest BCUT2D eigenvalue weighted by atomic mass is 10.2. The molecular formula is C14H22N2O5. The minimum Gasteiger partial charge on any atom is -0.459 e. The number of rotatable bonds is 10. The van der Waals surface area contributed by atoms with Crippen LogP contribution in [0.1, 0.15) is 23.4 Å². The zero-order chi connectivity index (χ0) is 15.5. The number of methoxy groups -OCH3 is 1. The summed E-state index contributed by atoms with van der Waals surface area (Å²) in [6.45, 7) is 1.49. The normalized spacial score (nSPS) is 10.4. The topological polar surface area (TPSA) is 92.0 Å². The molecule has 0 aromatic carbocycles. The highest BCUT2D eigenvalue weighted by Crippen LogP contribution is 2.01. The second kappa shape index (κ2) is 9.95. The molecule has 0 atom stereocenters.